The molecule has 3 rings (SSSR count). The van der Waals surface area contributed by atoms with Crippen molar-refractivity contribution in [2.75, 3.05) is 36.9 Å². The van der Waals surface area contributed by atoms with Gasteiger partial charge in [0, 0.05) is 25.7 Å². The lowest BCUT2D eigenvalue weighted by molar-refractivity contribution is 0.0263. The van der Waals surface area contributed by atoms with Crippen molar-refractivity contribution in [3.05, 3.63) is 20.4 Å². The SMILES string of the molecule is O=c1c(NCCCCCCOC2CCCCC2)c(NC2CCCNC2)c1=O. The number of rotatable bonds is 11. The summed E-state index contributed by atoms with van der Waals surface area (Å²) in [5, 5.41) is 9.74. The lowest BCUT2D eigenvalue weighted by Gasteiger charge is -2.26. The van der Waals surface area contributed by atoms with E-state index in [4.69, 9.17) is 4.74 Å². The largest absolute Gasteiger partial charge is 0.380 e. The van der Waals surface area contributed by atoms with Crippen molar-refractivity contribution in [1.29, 1.82) is 0 Å². The van der Waals surface area contributed by atoms with Crippen molar-refractivity contribution < 1.29 is 4.74 Å². The summed E-state index contributed by atoms with van der Waals surface area (Å²) in [4.78, 5) is 23.7. The highest BCUT2D eigenvalue weighted by Gasteiger charge is 2.23. The van der Waals surface area contributed by atoms with Gasteiger partial charge in [-0.05, 0) is 45.1 Å². The van der Waals surface area contributed by atoms with Crippen LogP contribution in [0.2, 0.25) is 0 Å². The third kappa shape index (κ3) is 6.04. The molecule has 1 saturated carbocycles. The maximum absolute atomic E-state index is 11.8. The van der Waals surface area contributed by atoms with Crippen LogP contribution in [0.15, 0.2) is 9.59 Å². The Bertz CT molecular complexity index is 627. The molecule has 0 amide bonds. The first-order valence-electron chi connectivity index (χ1n) is 10.9. The molecule has 0 aromatic heterocycles. The molecular weight excluding hydrogens is 342 g/mol. The summed E-state index contributed by atoms with van der Waals surface area (Å²) in [5.41, 5.74) is 0.242. The number of ether oxygens (including phenoxy) is 1. The Hall–Kier alpha value is -1.40. The minimum Gasteiger partial charge on any atom is -0.380 e. The average Bonchev–Trinajstić information content (AvgIpc) is 2.72. The third-order valence-electron chi connectivity index (χ3n) is 5.83. The van der Waals surface area contributed by atoms with E-state index in [1.807, 2.05) is 0 Å². The zero-order valence-electron chi connectivity index (χ0n) is 16.5. The lowest BCUT2D eigenvalue weighted by atomic mass is 9.98. The van der Waals surface area contributed by atoms with Crippen LogP contribution in [0.3, 0.4) is 0 Å². The maximum atomic E-state index is 11.8. The molecule has 1 aliphatic carbocycles. The first-order chi connectivity index (χ1) is 13.3. The Morgan fingerprint density at radius 3 is 2.44 bits per heavy atom. The Morgan fingerprint density at radius 1 is 0.889 bits per heavy atom. The van der Waals surface area contributed by atoms with Gasteiger partial charge < -0.3 is 20.7 Å². The van der Waals surface area contributed by atoms with Crippen molar-refractivity contribution in [3.63, 3.8) is 0 Å². The molecule has 1 unspecified atom stereocenters. The van der Waals surface area contributed by atoms with Crippen LogP contribution in [0.5, 0.6) is 0 Å². The average molecular weight is 378 g/mol. The smallest absolute Gasteiger partial charge is 0.253 e. The van der Waals surface area contributed by atoms with E-state index in [0.29, 0.717) is 17.5 Å². The van der Waals surface area contributed by atoms with Crippen LogP contribution >= 0.6 is 0 Å². The molecule has 1 saturated heterocycles. The van der Waals surface area contributed by atoms with Crippen LogP contribution in [-0.2, 0) is 4.74 Å². The molecule has 0 radical (unpaired) electrons. The van der Waals surface area contributed by atoms with Gasteiger partial charge in [0.1, 0.15) is 11.4 Å². The Morgan fingerprint density at radius 2 is 1.67 bits per heavy atom. The van der Waals surface area contributed by atoms with E-state index in [0.717, 1.165) is 64.8 Å². The molecule has 1 aromatic carbocycles. The lowest BCUT2D eigenvalue weighted by Crippen LogP contribution is -2.44. The molecule has 6 nitrogen and oxygen atoms in total. The van der Waals surface area contributed by atoms with E-state index in [9.17, 15) is 9.59 Å². The van der Waals surface area contributed by atoms with E-state index in [1.165, 1.54) is 32.1 Å². The van der Waals surface area contributed by atoms with E-state index >= 15 is 0 Å². The number of hydrogen-bond donors (Lipinski definition) is 3. The summed E-state index contributed by atoms with van der Waals surface area (Å²) in [6, 6.07) is 0.242. The molecule has 0 spiro atoms. The molecule has 27 heavy (non-hydrogen) atoms. The second kappa shape index (κ2) is 10.8. The van der Waals surface area contributed by atoms with Gasteiger partial charge in [-0.25, -0.2) is 0 Å². The minimum atomic E-state index is -0.373. The Balaban J connectivity index is 1.26. The fourth-order valence-corrected chi connectivity index (χ4v) is 4.15. The van der Waals surface area contributed by atoms with E-state index in [1.54, 1.807) is 0 Å². The van der Waals surface area contributed by atoms with Crippen molar-refractivity contribution in [1.82, 2.24) is 5.32 Å². The Kier molecular flexibility index (Phi) is 8.14. The molecule has 2 fully saturated rings. The summed E-state index contributed by atoms with van der Waals surface area (Å²) in [5.74, 6) is 0. The molecule has 6 heteroatoms. The molecule has 1 aliphatic heterocycles. The van der Waals surface area contributed by atoms with Gasteiger partial charge in [0.25, 0.3) is 10.9 Å². The van der Waals surface area contributed by atoms with Gasteiger partial charge >= 0.3 is 0 Å². The van der Waals surface area contributed by atoms with Gasteiger partial charge in [0.2, 0.25) is 0 Å². The zero-order valence-corrected chi connectivity index (χ0v) is 16.5. The van der Waals surface area contributed by atoms with Gasteiger partial charge in [-0.3, -0.25) is 9.59 Å². The summed E-state index contributed by atoms with van der Waals surface area (Å²) in [6.45, 7) is 3.49. The standard InChI is InChI=1S/C21H35N3O3/c25-20-18(19(21(20)26)24-16-9-8-12-22-15-16)23-13-6-1-2-7-14-27-17-10-4-3-5-11-17/h16-17,22-24H,1-15H2. The summed E-state index contributed by atoms with van der Waals surface area (Å²) < 4.78 is 5.95. The molecule has 1 heterocycles. The summed E-state index contributed by atoms with van der Waals surface area (Å²) in [7, 11) is 0. The fourth-order valence-electron chi connectivity index (χ4n) is 4.15. The van der Waals surface area contributed by atoms with Crippen molar-refractivity contribution in [3.8, 4) is 0 Å². The number of piperidine rings is 1. The number of unbranched alkanes of at least 4 members (excludes halogenated alkanes) is 3. The maximum Gasteiger partial charge on any atom is 0.253 e. The third-order valence-corrected chi connectivity index (χ3v) is 5.83. The molecule has 1 aromatic rings. The molecular formula is C21H35N3O3. The monoisotopic (exact) mass is 377 g/mol. The first-order valence-corrected chi connectivity index (χ1v) is 10.9. The van der Waals surface area contributed by atoms with Crippen molar-refractivity contribution >= 4 is 11.4 Å². The predicted molar refractivity (Wildman–Crippen MR) is 111 cm³/mol. The summed E-state index contributed by atoms with van der Waals surface area (Å²) in [6.07, 6.45) is 13.5. The summed E-state index contributed by atoms with van der Waals surface area (Å²) >= 11 is 0. The van der Waals surface area contributed by atoms with Gasteiger partial charge in [-0.1, -0.05) is 32.1 Å². The van der Waals surface area contributed by atoms with Crippen molar-refractivity contribution in [2.45, 2.75) is 82.8 Å². The second-order valence-electron chi connectivity index (χ2n) is 8.07. The molecule has 152 valence electrons. The fraction of sp³-hybridized carbons (Fsp3) is 0.810. The quantitative estimate of drug-likeness (QED) is 0.406. The van der Waals surface area contributed by atoms with Gasteiger partial charge in [0.05, 0.1) is 6.10 Å². The van der Waals surface area contributed by atoms with Crippen LogP contribution in [0.25, 0.3) is 0 Å². The predicted octanol–water partition coefficient (Wildman–Crippen LogP) is 2.77. The number of anilines is 2. The van der Waals surface area contributed by atoms with Crippen LogP contribution in [0.1, 0.15) is 70.6 Å². The molecule has 1 atom stereocenters. The number of nitrogens with one attached hydrogen (secondary N) is 3. The van der Waals surface area contributed by atoms with E-state index in [2.05, 4.69) is 16.0 Å². The normalized spacial score (nSPS) is 21.4. The van der Waals surface area contributed by atoms with Crippen LogP contribution in [0, 0.1) is 0 Å². The molecule has 2 aliphatic rings. The van der Waals surface area contributed by atoms with Gasteiger partial charge in [-0.15, -0.1) is 0 Å². The van der Waals surface area contributed by atoms with Gasteiger partial charge in [0.15, 0.2) is 0 Å². The van der Waals surface area contributed by atoms with Crippen LogP contribution in [-0.4, -0.2) is 38.4 Å². The van der Waals surface area contributed by atoms with E-state index < -0.39 is 0 Å². The molecule has 3 N–H and O–H groups in total. The van der Waals surface area contributed by atoms with Crippen LogP contribution < -0.4 is 26.8 Å². The highest BCUT2D eigenvalue weighted by molar-refractivity contribution is 5.74. The van der Waals surface area contributed by atoms with E-state index in [-0.39, 0.29) is 16.9 Å². The van der Waals surface area contributed by atoms with Gasteiger partial charge in [-0.2, -0.15) is 0 Å². The molecule has 0 bridgehead atoms. The zero-order chi connectivity index (χ0) is 18.9. The van der Waals surface area contributed by atoms with Crippen LogP contribution in [0.4, 0.5) is 11.4 Å². The highest BCUT2D eigenvalue weighted by Crippen LogP contribution is 2.21. The topological polar surface area (TPSA) is 79.5 Å². The minimum absolute atomic E-state index is 0.242. The Labute approximate surface area is 162 Å². The second-order valence-corrected chi connectivity index (χ2v) is 8.07. The van der Waals surface area contributed by atoms with Crippen molar-refractivity contribution in [2.24, 2.45) is 0 Å². The number of hydrogen-bond acceptors (Lipinski definition) is 6. The first kappa shape index (κ1) is 20.3. The highest BCUT2D eigenvalue weighted by atomic mass is 16.5.